The number of rotatable bonds is 6. The molecule has 2 aromatic rings. The third kappa shape index (κ3) is 3.73. The maximum absolute atomic E-state index is 12.1. The van der Waals surface area contributed by atoms with Crippen molar-refractivity contribution in [1.29, 1.82) is 0 Å². The molecule has 118 valence electrons. The Labute approximate surface area is 130 Å². The normalized spacial score (nSPS) is 14.7. The zero-order valence-corrected chi connectivity index (χ0v) is 13.1. The molecule has 0 bridgehead atoms. The van der Waals surface area contributed by atoms with Crippen LogP contribution in [0.25, 0.3) is 0 Å². The lowest BCUT2D eigenvalue weighted by Crippen LogP contribution is -2.29. The van der Waals surface area contributed by atoms with Crippen molar-refractivity contribution >= 4 is 10.0 Å². The first-order chi connectivity index (χ1) is 10.6. The molecule has 7 heteroatoms. The Morgan fingerprint density at radius 2 is 2.09 bits per heavy atom. The van der Waals surface area contributed by atoms with Gasteiger partial charge in [-0.25, -0.2) is 13.1 Å². The lowest BCUT2D eigenvalue weighted by molar-refractivity contribution is 0.109. The maximum Gasteiger partial charge on any atom is 0.215 e. The van der Waals surface area contributed by atoms with Crippen LogP contribution in [0.5, 0.6) is 0 Å². The van der Waals surface area contributed by atoms with Gasteiger partial charge in [0, 0.05) is 24.2 Å². The molecule has 0 unspecified atom stereocenters. The largest absolute Gasteiger partial charge is 0.376 e. The van der Waals surface area contributed by atoms with Crippen LogP contribution in [0.3, 0.4) is 0 Å². The molecule has 1 aromatic heterocycles. The number of nitrogens with zero attached hydrogens (tertiary/aromatic N) is 2. The monoisotopic (exact) mass is 321 g/mol. The number of hydrogen-bond donors (Lipinski definition) is 1. The predicted octanol–water partition coefficient (Wildman–Crippen LogP) is 1.08. The van der Waals surface area contributed by atoms with Crippen LogP contribution in [0.1, 0.15) is 16.8 Å². The lowest BCUT2D eigenvalue weighted by atomic mass is 10.2. The highest BCUT2D eigenvalue weighted by atomic mass is 32.2. The van der Waals surface area contributed by atoms with Gasteiger partial charge in [0.05, 0.1) is 31.7 Å². The zero-order chi connectivity index (χ0) is 15.4. The van der Waals surface area contributed by atoms with Gasteiger partial charge in [-0.3, -0.25) is 4.68 Å². The molecule has 0 saturated heterocycles. The minimum Gasteiger partial charge on any atom is -0.376 e. The summed E-state index contributed by atoms with van der Waals surface area (Å²) in [5.74, 6) is -0.00110. The van der Waals surface area contributed by atoms with Crippen molar-refractivity contribution in [2.45, 2.75) is 25.3 Å². The van der Waals surface area contributed by atoms with Gasteiger partial charge >= 0.3 is 0 Å². The van der Waals surface area contributed by atoms with Crippen LogP contribution in [0, 0.1) is 0 Å². The second-order valence-electron chi connectivity index (χ2n) is 5.28. The number of ether oxygens (including phenoxy) is 1. The molecule has 1 aromatic carbocycles. The summed E-state index contributed by atoms with van der Waals surface area (Å²) in [5.41, 5.74) is 3.02. The van der Waals surface area contributed by atoms with E-state index in [1.807, 2.05) is 35.0 Å². The van der Waals surface area contributed by atoms with Crippen molar-refractivity contribution in [2.24, 2.45) is 0 Å². The van der Waals surface area contributed by atoms with Crippen LogP contribution in [-0.2, 0) is 40.1 Å². The molecule has 2 heterocycles. The summed E-state index contributed by atoms with van der Waals surface area (Å²) in [6.45, 7) is 2.15. The highest BCUT2D eigenvalue weighted by molar-refractivity contribution is 7.88. The number of fused-ring (bicyclic) bond motifs is 1. The standard InChI is InChI=1S/C15H19N3O3S/c19-22(20,12-13-4-2-1-3-5-13)17-7-8-18-15-6-9-21-11-14(15)10-16-18/h1-5,10,17H,6-9,11-12H2. The van der Waals surface area contributed by atoms with E-state index in [0.29, 0.717) is 26.3 Å². The van der Waals surface area contributed by atoms with Gasteiger partial charge in [0.25, 0.3) is 0 Å². The van der Waals surface area contributed by atoms with E-state index in [2.05, 4.69) is 9.82 Å². The van der Waals surface area contributed by atoms with Gasteiger partial charge in [0.15, 0.2) is 0 Å². The molecule has 0 aliphatic carbocycles. The molecule has 22 heavy (non-hydrogen) atoms. The van der Waals surface area contributed by atoms with E-state index in [9.17, 15) is 8.42 Å². The highest BCUT2D eigenvalue weighted by Crippen LogP contribution is 2.15. The van der Waals surface area contributed by atoms with Gasteiger partial charge in [0.1, 0.15) is 0 Å². The average Bonchev–Trinajstić information content (AvgIpc) is 2.91. The van der Waals surface area contributed by atoms with E-state index in [0.717, 1.165) is 23.2 Å². The van der Waals surface area contributed by atoms with Gasteiger partial charge in [-0.05, 0) is 5.56 Å². The van der Waals surface area contributed by atoms with E-state index in [-0.39, 0.29) is 5.75 Å². The molecule has 0 amide bonds. The van der Waals surface area contributed by atoms with Gasteiger partial charge in [-0.2, -0.15) is 5.10 Å². The van der Waals surface area contributed by atoms with Crippen LogP contribution in [0.4, 0.5) is 0 Å². The quantitative estimate of drug-likeness (QED) is 0.864. The number of sulfonamides is 1. The van der Waals surface area contributed by atoms with Crippen molar-refractivity contribution in [3.63, 3.8) is 0 Å². The molecule has 0 atom stereocenters. The SMILES string of the molecule is O=S(=O)(Cc1ccccc1)NCCn1ncc2c1CCOC2. The van der Waals surface area contributed by atoms with Crippen LogP contribution in [-0.4, -0.2) is 31.3 Å². The summed E-state index contributed by atoms with van der Waals surface area (Å²) in [4.78, 5) is 0. The Morgan fingerprint density at radius 1 is 1.27 bits per heavy atom. The highest BCUT2D eigenvalue weighted by Gasteiger charge is 2.16. The molecule has 6 nitrogen and oxygen atoms in total. The third-order valence-electron chi connectivity index (χ3n) is 3.62. The molecular weight excluding hydrogens is 302 g/mol. The first-order valence-electron chi connectivity index (χ1n) is 7.27. The molecule has 1 aliphatic heterocycles. The van der Waals surface area contributed by atoms with Crippen LogP contribution >= 0.6 is 0 Å². The third-order valence-corrected chi connectivity index (χ3v) is 4.98. The summed E-state index contributed by atoms with van der Waals surface area (Å²) >= 11 is 0. The molecule has 0 spiro atoms. The van der Waals surface area contributed by atoms with Crippen LogP contribution in [0.15, 0.2) is 36.5 Å². The fourth-order valence-corrected chi connectivity index (χ4v) is 3.69. The molecule has 0 radical (unpaired) electrons. The van der Waals surface area contributed by atoms with Crippen LogP contribution in [0.2, 0.25) is 0 Å². The van der Waals surface area contributed by atoms with E-state index >= 15 is 0 Å². The fraction of sp³-hybridized carbons (Fsp3) is 0.400. The number of benzene rings is 1. The summed E-state index contributed by atoms with van der Waals surface area (Å²) < 4.78 is 34.0. The number of hydrogen-bond acceptors (Lipinski definition) is 4. The van der Waals surface area contributed by atoms with E-state index in [1.165, 1.54) is 0 Å². The topological polar surface area (TPSA) is 73.2 Å². The Balaban J connectivity index is 1.55. The summed E-state index contributed by atoms with van der Waals surface area (Å²) in [6, 6.07) is 9.16. The number of aromatic nitrogens is 2. The Morgan fingerprint density at radius 3 is 2.91 bits per heavy atom. The first-order valence-corrected chi connectivity index (χ1v) is 8.92. The smallest absolute Gasteiger partial charge is 0.215 e. The molecule has 0 fully saturated rings. The van der Waals surface area contributed by atoms with E-state index < -0.39 is 10.0 Å². The van der Waals surface area contributed by atoms with Crippen molar-refractivity contribution in [2.75, 3.05) is 13.2 Å². The Kier molecular flexibility index (Phi) is 4.56. The van der Waals surface area contributed by atoms with Crippen molar-refractivity contribution in [1.82, 2.24) is 14.5 Å². The van der Waals surface area contributed by atoms with E-state index in [1.54, 1.807) is 6.20 Å². The second-order valence-corrected chi connectivity index (χ2v) is 7.09. The molecule has 3 rings (SSSR count). The molecule has 0 saturated carbocycles. The predicted molar refractivity (Wildman–Crippen MR) is 82.7 cm³/mol. The molecule has 1 aliphatic rings. The minimum atomic E-state index is -3.32. The second kappa shape index (κ2) is 6.60. The number of nitrogens with one attached hydrogen (secondary N) is 1. The first kappa shape index (κ1) is 15.2. The lowest BCUT2D eigenvalue weighted by Gasteiger charge is -2.15. The van der Waals surface area contributed by atoms with Gasteiger partial charge in [0.2, 0.25) is 10.0 Å². The van der Waals surface area contributed by atoms with Gasteiger partial charge in [-0.15, -0.1) is 0 Å². The van der Waals surface area contributed by atoms with Gasteiger partial charge in [-0.1, -0.05) is 30.3 Å². The summed E-state index contributed by atoms with van der Waals surface area (Å²) in [6.07, 6.45) is 2.62. The van der Waals surface area contributed by atoms with Crippen molar-refractivity contribution < 1.29 is 13.2 Å². The molecule has 1 N–H and O–H groups in total. The van der Waals surface area contributed by atoms with E-state index in [4.69, 9.17) is 4.74 Å². The maximum atomic E-state index is 12.1. The average molecular weight is 321 g/mol. The zero-order valence-electron chi connectivity index (χ0n) is 12.2. The summed E-state index contributed by atoms with van der Waals surface area (Å²) in [5, 5.41) is 4.30. The Bertz CT molecular complexity index is 726. The Hall–Kier alpha value is -1.70. The van der Waals surface area contributed by atoms with Crippen LogP contribution < -0.4 is 4.72 Å². The fourth-order valence-electron chi connectivity index (χ4n) is 2.55. The minimum absolute atomic E-state index is 0.00110. The molecular formula is C15H19N3O3S. The van der Waals surface area contributed by atoms with Crippen molar-refractivity contribution in [3.8, 4) is 0 Å². The summed E-state index contributed by atoms with van der Waals surface area (Å²) in [7, 11) is -3.32. The van der Waals surface area contributed by atoms with Crippen molar-refractivity contribution in [3.05, 3.63) is 53.3 Å². The van der Waals surface area contributed by atoms with Gasteiger partial charge < -0.3 is 4.74 Å².